The number of ether oxygens (including phenoxy) is 2. The second kappa shape index (κ2) is 9.94. The SMILES string of the molecule is COc1ccc(/C=N\OCC(=O)Nc2ccccc2-c2ccccc2)cc1OC. The lowest BCUT2D eigenvalue weighted by Gasteiger charge is -2.10. The molecular weight excluding hydrogens is 368 g/mol. The number of oxime groups is 1. The van der Waals surface area contributed by atoms with Crippen LogP contribution < -0.4 is 14.8 Å². The zero-order valence-electron chi connectivity index (χ0n) is 16.3. The van der Waals surface area contributed by atoms with Crippen LogP contribution >= 0.6 is 0 Å². The summed E-state index contributed by atoms with van der Waals surface area (Å²) >= 11 is 0. The number of carbonyl (C=O) groups is 1. The summed E-state index contributed by atoms with van der Waals surface area (Å²) in [7, 11) is 3.14. The highest BCUT2D eigenvalue weighted by atomic mass is 16.6. The van der Waals surface area contributed by atoms with Crippen molar-refractivity contribution in [2.45, 2.75) is 0 Å². The molecule has 0 fully saturated rings. The number of benzene rings is 3. The maximum absolute atomic E-state index is 12.2. The number of para-hydroxylation sites is 1. The Labute approximate surface area is 169 Å². The second-order valence-corrected chi connectivity index (χ2v) is 6.08. The molecule has 6 heteroatoms. The molecule has 1 amide bonds. The zero-order valence-corrected chi connectivity index (χ0v) is 16.3. The number of anilines is 1. The van der Waals surface area contributed by atoms with Gasteiger partial charge in [0, 0.05) is 16.8 Å². The van der Waals surface area contributed by atoms with Crippen molar-refractivity contribution in [1.82, 2.24) is 0 Å². The van der Waals surface area contributed by atoms with Crippen molar-refractivity contribution in [2.75, 3.05) is 26.1 Å². The first-order valence-corrected chi connectivity index (χ1v) is 9.03. The molecule has 6 nitrogen and oxygen atoms in total. The third-order valence-corrected chi connectivity index (χ3v) is 4.17. The predicted octanol–water partition coefficient (Wildman–Crippen LogP) is 4.36. The number of carbonyl (C=O) groups excluding carboxylic acids is 1. The molecule has 0 bridgehead atoms. The molecule has 0 radical (unpaired) electrons. The Kier molecular flexibility index (Phi) is 6.84. The third-order valence-electron chi connectivity index (χ3n) is 4.17. The number of amides is 1. The van der Waals surface area contributed by atoms with E-state index in [-0.39, 0.29) is 12.5 Å². The Morgan fingerprint density at radius 2 is 1.66 bits per heavy atom. The van der Waals surface area contributed by atoms with E-state index in [2.05, 4.69) is 10.5 Å². The van der Waals surface area contributed by atoms with Crippen LogP contribution in [0.1, 0.15) is 5.56 Å². The highest BCUT2D eigenvalue weighted by Crippen LogP contribution is 2.28. The molecule has 0 aliphatic carbocycles. The van der Waals surface area contributed by atoms with Crippen molar-refractivity contribution in [1.29, 1.82) is 0 Å². The number of nitrogens with one attached hydrogen (secondary N) is 1. The molecule has 0 unspecified atom stereocenters. The molecule has 3 rings (SSSR count). The summed E-state index contributed by atoms with van der Waals surface area (Å²) in [4.78, 5) is 17.4. The van der Waals surface area contributed by atoms with Gasteiger partial charge in [-0.25, -0.2) is 0 Å². The van der Waals surface area contributed by atoms with Crippen molar-refractivity contribution in [3.05, 3.63) is 78.4 Å². The first kappa shape index (κ1) is 19.9. The predicted molar refractivity (Wildman–Crippen MR) is 114 cm³/mol. The Morgan fingerprint density at radius 3 is 2.41 bits per heavy atom. The first-order chi connectivity index (χ1) is 14.2. The number of methoxy groups -OCH3 is 2. The molecular formula is C23H22N2O4. The Hall–Kier alpha value is -3.80. The Balaban J connectivity index is 1.58. The smallest absolute Gasteiger partial charge is 0.265 e. The molecule has 0 aliphatic rings. The summed E-state index contributed by atoms with van der Waals surface area (Å²) in [6.45, 7) is -0.201. The van der Waals surface area contributed by atoms with Crippen LogP contribution in [0.5, 0.6) is 11.5 Å². The summed E-state index contributed by atoms with van der Waals surface area (Å²) in [5.41, 5.74) is 3.44. The normalized spacial score (nSPS) is 10.6. The average Bonchev–Trinajstić information content (AvgIpc) is 2.77. The van der Waals surface area contributed by atoms with Gasteiger partial charge in [0.05, 0.1) is 20.4 Å². The molecule has 0 saturated carbocycles. The van der Waals surface area contributed by atoms with Crippen LogP contribution in [0.2, 0.25) is 0 Å². The van der Waals surface area contributed by atoms with E-state index >= 15 is 0 Å². The molecule has 0 spiro atoms. The van der Waals surface area contributed by atoms with Crippen molar-refractivity contribution >= 4 is 17.8 Å². The fourth-order valence-electron chi connectivity index (χ4n) is 2.77. The summed E-state index contributed by atoms with van der Waals surface area (Å²) in [6.07, 6.45) is 1.51. The topological polar surface area (TPSA) is 69.2 Å². The van der Waals surface area contributed by atoms with Gasteiger partial charge in [-0.3, -0.25) is 4.79 Å². The van der Waals surface area contributed by atoms with Crippen LogP contribution in [0.15, 0.2) is 78.0 Å². The maximum Gasteiger partial charge on any atom is 0.265 e. The fraction of sp³-hybridized carbons (Fsp3) is 0.130. The molecule has 3 aromatic carbocycles. The first-order valence-electron chi connectivity index (χ1n) is 9.03. The lowest BCUT2D eigenvalue weighted by Crippen LogP contribution is -2.17. The molecule has 148 valence electrons. The van der Waals surface area contributed by atoms with Gasteiger partial charge in [0.15, 0.2) is 18.1 Å². The molecule has 29 heavy (non-hydrogen) atoms. The Bertz CT molecular complexity index is 987. The Morgan fingerprint density at radius 1 is 0.931 bits per heavy atom. The minimum atomic E-state index is -0.294. The van der Waals surface area contributed by atoms with Gasteiger partial charge in [0.25, 0.3) is 5.91 Å². The quantitative estimate of drug-likeness (QED) is 0.458. The van der Waals surface area contributed by atoms with E-state index in [9.17, 15) is 4.79 Å². The van der Waals surface area contributed by atoms with E-state index in [4.69, 9.17) is 14.3 Å². The van der Waals surface area contributed by atoms with Crippen molar-refractivity contribution in [3.8, 4) is 22.6 Å². The summed E-state index contributed by atoms with van der Waals surface area (Å²) < 4.78 is 10.4. The molecule has 3 aromatic rings. The van der Waals surface area contributed by atoms with Gasteiger partial charge >= 0.3 is 0 Å². The minimum Gasteiger partial charge on any atom is -0.493 e. The van der Waals surface area contributed by atoms with Crippen molar-refractivity contribution < 1.29 is 19.1 Å². The van der Waals surface area contributed by atoms with Gasteiger partial charge in [-0.2, -0.15) is 0 Å². The van der Waals surface area contributed by atoms with E-state index < -0.39 is 0 Å². The monoisotopic (exact) mass is 390 g/mol. The van der Waals surface area contributed by atoms with Gasteiger partial charge in [0.1, 0.15) is 0 Å². The van der Waals surface area contributed by atoms with Crippen LogP contribution in [0.3, 0.4) is 0 Å². The van der Waals surface area contributed by atoms with E-state index in [0.717, 1.165) is 22.4 Å². The second-order valence-electron chi connectivity index (χ2n) is 6.08. The number of hydrogen-bond acceptors (Lipinski definition) is 5. The lowest BCUT2D eigenvalue weighted by atomic mass is 10.0. The molecule has 0 aromatic heterocycles. The maximum atomic E-state index is 12.2. The number of hydrogen-bond donors (Lipinski definition) is 1. The van der Waals surface area contributed by atoms with Crippen LogP contribution in [0.4, 0.5) is 5.69 Å². The minimum absolute atomic E-state index is 0.201. The van der Waals surface area contributed by atoms with E-state index in [1.165, 1.54) is 6.21 Å². The molecule has 0 saturated heterocycles. The lowest BCUT2D eigenvalue weighted by molar-refractivity contribution is -0.120. The standard InChI is InChI=1S/C23H22N2O4/c1-27-21-13-12-17(14-22(21)28-2)15-24-29-16-23(26)25-20-11-7-6-10-19(20)18-8-4-3-5-9-18/h3-15H,16H2,1-2H3,(H,25,26)/b24-15-. The van der Waals surface area contributed by atoms with E-state index in [1.807, 2.05) is 60.7 Å². The summed E-state index contributed by atoms with van der Waals surface area (Å²) in [5.74, 6) is 0.923. The highest BCUT2D eigenvalue weighted by molar-refractivity contribution is 5.96. The number of nitrogens with zero attached hydrogens (tertiary/aromatic N) is 1. The van der Waals surface area contributed by atoms with Gasteiger partial charge in [-0.15, -0.1) is 0 Å². The zero-order chi connectivity index (χ0) is 20.5. The van der Waals surface area contributed by atoms with Gasteiger partial charge < -0.3 is 19.6 Å². The summed E-state index contributed by atoms with van der Waals surface area (Å²) in [5, 5.41) is 6.72. The van der Waals surface area contributed by atoms with Gasteiger partial charge in [0.2, 0.25) is 0 Å². The van der Waals surface area contributed by atoms with Crippen LogP contribution in [0.25, 0.3) is 11.1 Å². The molecule has 0 aliphatic heterocycles. The van der Waals surface area contributed by atoms with E-state index in [0.29, 0.717) is 11.5 Å². The fourth-order valence-corrected chi connectivity index (χ4v) is 2.77. The van der Waals surface area contributed by atoms with Gasteiger partial charge in [-0.05, 0) is 29.8 Å². The average molecular weight is 390 g/mol. The van der Waals surface area contributed by atoms with Crippen molar-refractivity contribution in [2.24, 2.45) is 5.16 Å². The van der Waals surface area contributed by atoms with Gasteiger partial charge in [-0.1, -0.05) is 53.7 Å². The van der Waals surface area contributed by atoms with Crippen LogP contribution in [0, 0.1) is 0 Å². The number of rotatable bonds is 8. The molecule has 0 heterocycles. The highest BCUT2D eigenvalue weighted by Gasteiger charge is 2.08. The van der Waals surface area contributed by atoms with Crippen LogP contribution in [-0.4, -0.2) is 32.9 Å². The largest absolute Gasteiger partial charge is 0.493 e. The molecule has 0 atom stereocenters. The van der Waals surface area contributed by atoms with Crippen molar-refractivity contribution in [3.63, 3.8) is 0 Å². The van der Waals surface area contributed by atoms with E-state index in [1.54, 1.807) is 26.4 Å². The third kappa shape index (κ3) is 5.35. The summed E-state index contributed by atoms with van der Waals surface area (Å²) in [6, 6.07) is 22.8. The molecule has 1 N–H and O–H groups in total. The van der Waals surface area contributed by atoms with Crippen LogP contribution in [-0.2, 0) is 9.63 Å².